The van der Waals surface area contributed by atoms with Gasteiger partial charge in [0.05, 0.1) is 6.10 Å². The molecule has 3 aliphatic rings. The summed E-state index contributed by atoms with van der Waals surface area (Å²) in [4.78, 5) is 23.5. The van der Waals surface area contributed by atoms with Crippen molar-refractivity contribution in [3.05, 3.63) is 48.0 Å². The number of carbonyl (C=O) groups is 1. The van der Waals surface area contributed by atoms with Crippen LogP contribution in [0.4, 0.5) is 4.39 Å². The van der Waals surface area contributed by atoms with Gasteiger partial charge in [-0.05, 0) is 56.0 Å². The highest BCUT2D eigenvalue weighted by Crippen LogP contribution is 2.54. The molecular formula is C23H25FN4O3. The van der Waals surface area contributed by atoms with E-state index in [1.165, 1.54) is 11.1 Å². The first-order chi connectivity index (χ1) is 15.0. The Labute approximate surface area is 180 Å². The van der Waals surface area contributed by atoms with Crippen molar-refractivity contribution in [3.63, 3.8) is 0 Å². The summed E-state index contributed by atoms with van der Waals surface area (Å²) >= 11 is 0. The van der Waals surface area contributed by atoms with Gasteiger partial charge in [0, 0.05) is 36.9 Å². The average molecular weight is 424 g/mol. The standard InChI is InChI=1S/C23H25FN4O3/c1-3-30-14-7-9-19-17(12-14)23(21(29)28(2)22(25)27-23)16-11-13(6-8-18(16)31-19)15-5-4-10-26-20(15)24/h4-6,8,10-11,14,17,19H,3,7,9,12H2,1-2H3,(H2,25,27)/t14-,17-,19-,23-/m0/s1. The molecule has 2 aliphatic heterocycles. The molecule has 2 aromatic rings. The number of hydrogen-bond donors (Lipinski definition) is 1. The lowest BCUT2D eigenvalue weighted by atomic mass is 9.66. The predicted octanol–water partition coefficient (Wildman–Crippen LogP) is 2.84. The van der Waals surface area contributed by atoms with Crippen LogP contribution in [0.25, 0.3) is 11.1 Å². The number of nitrogens with zero attached hydrogens (tertiary/aromatic N) is 3. The predicted molar refractivity (Wildman–Crippen MR) is 113 cm³/mol. The molecule has 8 heteroatoms. The second kappa shape index (κ2) is 7.30. The minimum atomic E-state index is -1.21. The Morgan fingerprint density at radius 1 is 1.35 bits per heavy atom. The fourth-order valence-corrected chi connectivity index (χ4v) is 5.21. The van der Waals surface area contributed by atoms with Crippen LogP contribution in [-0.4, -0.2) is 47.6 Å². The lowest BCUT2D eigenvalue weighted by Gasteiger charge is -2.47. The maximum atomic E-state index is 14.4. The Bertz CT molecular complexity index is 1070. The van der Waals surface area contributed by atoms with Crippen molar-refractivity contribution in [2.75, 3.05) is 13.7 Å². The van der Waals surface area contributed by atoms with Gasteiger partial charge in [-0.3, -0.25) is 9.69 Å². The van der Waals surface area contributed by atoms with Crippen molar-refractivity contribution in [1.82, 2.24) is 9.88 Å². The number of fused-ring (bicyclic) bond motifs is 4. The van der Waals surface area contributed by atoms with E-state index in [0.29, 0.717) is 35.5 Å². The molecule has 1 amide bonds. The van der Waals surface area contributed by atoms with E-state index in [-0.39, 0.29) is 30.0 Å². The van der Waals surface area contributed by atoms with Crippen LogP contribution in [0.15, 0.2) is 41.5 Å². The number of aliphatic imine (C=N–C) groups is 1. The van der Waals surface area contributed by atoms with Crippen LogP contribution < -0.4 is 10.5 Å². The number of rotatable bonds is 3. The number of likely N-dealkylation sites (N-methyl/N-ethyl adjacent to an activating group) is 1. The molecule has 31 heavy (non-hydrogen) atoms. The van der Waals surface area contributed by atoms with Crippen molar-refractivity contribution in [2.45, 2.75) is 43.9 Å². The number of ether oxygens (including phenoxy) is 2. The quantitative estimate of drug-likeness (QED) is 0.766. The first-order valence-corrected chi connectivity index (χ1v) is 10.6. The lowest BCUT2D eigenvalue weighted by Crippen LogP contribution is -2.55. The van der Waals surface area contributed by atoms with Gasteiger partial charge in [-0.15, -0.1) is 0 Å². The van der Waals surface area contributed by atoms with E-state index in [2.05, 4.69) is 4.98 Å². The van der Waals surface area contributed by atoms with E-state index in [1.54, 1.807) is 37.4 Å². The summed E-state index contributed by atoms with van der Waals surface area (Å²) in [5.41, 5.74) is 6.51. The zero-order valence-corrected chi connectivity index (χ0v) is 17.5. The molecule has 2 N–H and O–H groups in total. The van der Waals surface area contributed by atoms with Gasteiger partial charge in [-0.1, -0.05) is 6.07 Å². The largest absolute Gasteiger partial charge is 0.490 e. The van der Waals surface area contributed by atoms with E-state index >= 15 is 0 Å². The molecule has 3 heterocycles. The van der Waals surface area contributed by atoms with Gasteiger partial charge in [-0.2, -0.15) is 4.39 Å². The number of pyridine rings is 1. The third-order valence-corrected chi connectivity index (χ3v) is 6.68. The Morgan fingerprint density at radius 3 is 2.90 bits per heavy atom. The van der Waals surface area contributed by atoms with Gasteiger partial charge in [0.2, 0.25) is 5.95 Å². The molecule has 1 aliphatic carbocycles. The topological polar surface area (TPSA) is 90.0 Å². The Kier molecular flexibility index (Phi) is 4.69. The fraction of sp³-hybridized carbons (Fsp3) is 0.435. The molecule has 0 unspecified atom stereocenters. The molecule has 1 aromatic carbocycles. The maximum Gasteiger partial charge on any atom is 0.262 e. The minimum Gasteiger partial charge on any atom is -0.490 e. The molecule has 1 aromatic heterocycles. The van der Waals surface area contributed by atoms with Gasteiger partial charge >= 0.3 is 0 Å². The van der Waals surface area contributed by atoms with Crippen molar-refractivity contribution < 1.29 is 18.7 Å². The van der Waals surface area contributed by atoms with Gasteiger partial charge in [0.15, 0.2) is 11.5 Å². The number of aromatic nitrogens is 1. The summed E-state index contributed by atoms with van der Waals surface area (Å²) in [5.74, 6) is -0.226. The summed E-state index contributed by atoms with van der Waals surface area (Å²) in [7, 11) is 1.63. The smallest absolute Gasteiger partial charge is 0.262 e. The first kappa shape index (κ1) is 19.9. The van der Waals surface area contributed by atoms with Crippen LogP contribution in [0.2, 0.25) is 0 Å². The number of guanidine groups is 1. The third-order valence-electron chi connectivity index (χ3n) is 6.68. The SMILES string of the molecule is CCO[C@H]1CC[C@@H]2Oc3ccc(-c4cccnc4F)cc3[C@]3(N=C(N)N(C)C3=O)[C@H]2C1. The highest BCUT2D eigenvalue weighted by molar-refractivity contribution is 6.07. The molecule has 1 saturated carbocycles. The average Bonchev–Trinajstić information content (AvgIpc) is 3.00. The molecule has 0 radical (unpaired) electrons. The second-order valence-electron chi connectivity index (χ2n) is 8.31. The van der Waals surface area contributed by atoms with Crippen LogP contribution >= 0.6 is 0 Å². The number of benzene rings is 1. The highest BCUT2D eigenvalue weighted by Gasteiger charge is 2.61. The molecule has 162 valence electrons. The van der Waals surface area contributed by atoms with Gasteiger partial charge in [0.1, 0.15) is 11.9 Å². The second-order valence-corrected chi connectivity index (χ2v) is 8.31. The van der Waals surface area contributed by atoms with Gasteiger partial charge in [-0.25, -0.2) is 9.98 Å². The van der Waals surface area contributed by atoms with Crippen LogP contribution in [0, 0.1) is 11.9 Å². The van der Waals surface area contributed by atoms with E-state index in [0.717, 1.165) is 12.8 Å². The van der Waals surface area contributed by atoms with E-state index in [1.807, 2.05) is 6.92 Å². The van der Waals surface area contributed by atoms with Crippen LogP contribution in [0.1, 0.15) is 31.7 Å². The highest BCUT2D eigenvalue weighted by atomic mass is 19.1. The van der Waals surface area contributed by atoms with E-state index < -0.39 is 11.5 Å². The Hall–Kier alpha value is -3.00. The molecule has 4 atom stereocenters. The van der Waals surface area contributed by atoms with E-state index in [4.69, 9.17) is 20.2 Å². The molecule has 1 spiro atoms. The van der Waals surface area contributed by atoms with Crippen molar-refractivity contribution in [1.29, 1.82) is 0 Å². The maximum absolute atomic E-state index is 14.4. The number of nitrogens with two attached hydrogens (primary N) is 1. The number of hydrogen-bond acceptors (Lipinski definition) is 6. The number of halogens is 1. The molecular weight excluding hydrogens is 399 g/mol. The van der Waals surface area contributed by atoms with Gasteiger partial charge in [0.25, 0.3) is 5.91 Å². The molecule has 0 saturated heterocycles. The van der Waals surface area contributed by atoms with Crippen molar-refractivity contribution in [2.24, 2.45) is 16.6 Å². The van der Waals surface area contributed by atoms with Gasteiger partial charge < -0.3 is 15.2 Å². The molecule has 7 nitrogen and oxygen atoms in total. The van der Waals surface area contributed by atoms with Crippen LogP contribution in [0.3, 0.4) is 0 Å². The summed E-state index contributed by atoms with van der Waals surface area (Å²) in [5, 5.41) is 0. The lowest BCUT2D eigenvalue weighted by molar-refractivity contribution is -0.139. The summed E-state index contributed by atoms with van der Waals surface area (Å²) in [6.07, 6.45) is 3.53. The van der Waals surface area contributed by atoms with Crippen molar-refractivity contribution in [3.8, 4) is 16.9 Å². The monoisotopic (exact) mass is 424 g/mol. The Balaban J connectivity index is 1.69. The molecule has 1 fully saturated rings. The number of amides is 1. The van der Waals surface area contributed by atoms with E-state index in [9.17, 15) is 9.18 Å². The minimum absolute atomic E-state index is 0.0300. The first-order valence-electron chi connectivity index (χ1n) is 10.6. The summed E-state index contributed by atoms with van der Waals surface area (Å²) in [6.45, 7) is 2.57. The van der Waals surface area contributed by atoms with Crippen molar-refractivity contribution >= 4 is 11.9 Å². The Morgan fingerprint density at radius 2 is 2.19 bits per heavy atom. The fourth-order valence-electron chi connectivity index (χ4n) is 5.21. The zero-order valence-electron chi connectivity index (χ0n) is 17.5. The summed E-state index contributed by atoms with van der Waals surface area (Å²) < 4.78 is 26.6. The third kappa shape index (κ3) is 2.92. The normalized spacial score (nSPS) is 29.4. The summed E-state index contributed by atoms with van der Waals surface area (Å²) in [6, 6.07) is 8.72. The molecule has 5 rings (SSSR count). The van der Waals surface area contributed by atoms with Crippen LogP contribution in [-0.2, 0) is 15.1 Å². The number of carbonyl (C=O) groups excluding carboxylic acids is 1. The van der Waals surface area contributed by atoms with Crippen LogP contribution in [0.5, 0.6) is 5.75 Å². The zero-order chi connectivity index (χ0) is 21.8. The molecule has 0 bridgehead atoms.